The molecule has 0 radical (unpaired) electrons. The Bertz CT molecular complexity index is 1080. The monoisotopic (exact) mass is 415 g/mol. The van der Waals surface area contributed by atoms with Gasteiger partial charge in [0.1, 0.15) is 11.6 Å². The SMILES string of the molecule is Nc1nc(CN2CCN(C(=O)c3cccc(C(F)(F)F)c3)CC2)nc2ccccc12. The molecule has 1 saturated heterocycles. The summed E-state index contributed by atoms with van der Waals surface area (Å²) in [6.45, 7) is 2.46. The van der Waals surface area contributed by atoms with Gasteiger partial charge in [-0.1, -0.05) is 18.2 Å². The molecule has 2 heterocycles. The third-order valence-electron chi connectivity index (χ3n) is 5.14. The lowest BCUT2D eigenvalue weighted by atomic mass is 10.1. The van der Waals surface area contributed by atoms with Crippen LogP contribution in [0, 0.1) is 0 Å². The number of rotatable bonds is 3. The number of carbonyl (C=O) groups is 1. The fourth-order valence-corrected chi connectivity index (χ4v) is 3.54. The van der Waals surface area contributed by atoms with Crippen LogP contribution >= 0.6 is 0 Å². The average Bonchev–Trinajstić information content (AvgIpc) is 2.73. The van der Waals surface area contributed by atoms with Crippen molar-refractivity contribution in [3.05, 3.63) is 65.5 Å². The minimum absolute atomic E-state index is 0.0453. The van der Waals surface area contributed by atoms with Gasteiger partial charge in [-0.05, 0) is 30.3 Å². The zero-order chi connectivity index (χ0) is 21.3. The van der Waals surface area contributed by atoms with Crippen molar-refractivity contribution in [1.29, 1.82) is 0 Å². The van der Waals surface area contributed by atoms with Gasteiger partial charge in [-0.25, -0.2) is 9.97 Å². The van der Waals surface area contributed by atoms with Crippen molar-refractivity contribution in [1.82, 2.24) is 19.8 Å². The Morgan fingerprint density at radius 3 is 2.47 bits per heavy atom. The van der Waals surface area contributed by atoms with E-state index in [2.05, 4.69) is 14.9 Å². The minimum Gasteiger partial charge on any atom is -0.383 e. The Hall–Kier alpha value is -3.20. The van der Waals surface area contributed by atoms with E-state index in [0.717, 1.165) is 23.0 Å². The van der Waals surface area contributed by atoms with E-state index in [1.54, 1.807) is 4.90 Å². The third kappa shape index (κ3) is 4.20. The fraction of sp³-hybridized carbons (Fsp3) is 0.286. The Balaban J connectivity index is 1.40. The number of hydrogen-bond donors (Lipinski definition) is 1. The molecule has 30 heavy (non-hydrogen) atoms. The number of amides is 1. The molecule has 3 aromatic rings. The number of nitrogens with zero attached hydrogens (tertiary/aromatic N) is 4. The number of aromatic nitrogens is 2. The standard InChI is InChI=1S/C21H20F3N5O/c22-21(23,24)15-5-3-4-14(12-15)20(30)29-10-8-28(9-11-29)13-18-26-17-7-2-1-6-16(17)19(25)27-18/h1-7,12H,8-11,13H2,(H2,25,26,27). The third-order valence-corrected chi connectivity index (χ3v) is 5.14. The zero-order valence-corrected chi connectivity index (χ0v) is 16.1. The maximum atomic E-state index is 12.9. The Labute approximate surface area is 171 Å². The van der Waals surface area contributed by atoms with Crippen LogP contribution in [-0.4, -0.2) is 51.9 Å². The van der Waals surface area contributed by atoms with E-state index in [1.165, 1.54) is 12.1 Å². The molecule has 1 aromatic heterocycles. The van der Waals surface area contributed by atoms with Crippen molar-refractivity contribution in [3.63, 3.8) is 0 Å². The lowest BCUT2D eigenvalue weighted by Crippen LogP contribution is -2.48. The fourth-order valence-electron chi connectivity index (χ4n) is 3.54. The van der Waals surface area contributed by atoms with E-state index in [9.17, 15) is 18.0 Å². The van der Waals surface area contributed by atoms with Crippen molar-refractivity contribution in [2.45, 2.75) is 12.7 Å². The number of para-hydroxylation sites is 1. The largest absolute Gasteiger partial charge is 0.416 e. The summed E-state index contributed by atoms with van der Waals surface area (Å²) in [5.41, 5.74) is 6.03. The molecule has 0 unspecified atom stereocenters. The van der Waals surface area contributed by atoms with Crippen LogP contribution in [0.4, 0.5) is 19.0 Å². The number of benzene rings is 2. The number of anilines is 1. The molecule has 2 aromatic carbocycles. The van der Waals surface area contributed by atoms with Crippen molar-refractivity contribution in [2.75, 3.05) is 31.9 Å². The van der Waals surface area contributed by atoms with E-state index in [-0.39, 0.29) is 5.56 Å². The summed E-state index contributed by atoms with van der Waals surface area (Å²) in [6.07, 6.45) is -4.48. The predicted octanol–water partition coefficient (Wildman–Crippen LogP) is 3.19. The maximum Gasteiger partial charge on any atom is 0.416 e. The minimum atomic E-state index is -4.48. The molecule has 0 aliphatic carbocycles. The summed E-state index contributed by atoms with van der Waals surface area (Å²) in [6, 6.07) is 12.0. The Morgan fingerprint density at radius 2 is 1.73 bits per heavy atom. The first-order chi connectivity index (χ1) is 14.3. The molecule has 1 fully saturated rings. The van der Waals surface area contributed by atoms with Gasteiger partial charge in [0, 0.05) is 37.1 Å². The molecule has 1 amide bonds. The van der Waals surface area contributed by atoms with E-state index >= 15 is 0 Å². The number of fused-ring (bicyclic) bond motifs is 1. The summed E-state index contributed by atoms with van der Waals surface area (Å²) in [5.74, 6) is 0.629. The molecule has 0 saturated carbocycles. The molecule has 1 aliphatic heterocycles. The van der Waals surface area contributed by atoms with Crippen molar-refractivity contribution < 1.29 is 18.0 Å². The first-order valence-electron chi connectivity index (χ1n) is 9.51. The van der Waals surface area contributed by atoms with Crippen molar-refractivity contribution in [3.8, 4) is 0 Å². The smallest absolute Gasteiger partial charge is 0.383 e. The van der Waals surface area contributed by atoms with Crippen molar-refractivity contribution >= 4 is 22.6 Å². The van der Waals surface area contributed by atoms with Crippen LogP contribution in [-0.2, 0) is 12.7 Å². The van der Waals surface area contributed by atoms with Gasteiger partial charge < -0.3 is 10.6 Å². The normalized spacial score (nSPS) is 15.5. The quantitative estimate of drug-likeness (QED) is 0.711. The van der Waals surface area contributed by atoms with Gasteiger partial charge >= 0.3 is 6.18 Å². The highest BCUT2D eigenvalue weighted by atomic mass is 19.4. The van der Waals surface area contributed by atoms with Crippen molar-refractivity contribution in [2.24, 2.45) is 0 Å². The lowest BCUT2D eigenvalue weighted by molar-refractivity contribution is -0.137. The average molecular weight is 415 g/mol. The first-order valence-corrected chi connectivity index (χ1v) is 9.51. The number of halogens is 3. The van der Waals surface area contributed by atoms with E-state index < -0.39 is 17.6 Å². The van der Waals surface area contributed by atoms with Crippen LogP contribution < -0.4 is 5.73 Å². The van der Waals surface area contributed by atoms with Crippen LogP contribution in [0.25, 0.3) is 10.9 Å². The van der Waals surface area contributed by atoms with Gasteiger partial charge in [0.25, 0.3) is 5.91 Å². The Morgan fingerprint density at radius 1 is 1.00 bits per heavy atom. The molecule has 0 spiro atoms. The second kappa shape index (κ2) is 7.91. The summed E-state index contributed by atoms with van der Waals surface area (Å²) in [7, 11) is 0. The topological polar surface area (TPSA) is 75.3 Å². The Kier molecular flexibility index (Phi) is 5.29. The number of hydrogen-bond acceptors (Lipinski definition) is 5. The van der Waals surface area contributed by atoms with E-state index in [1.807, 2.05) is 24.3 Å². The number of nitrogen functional groups attached to an aromatic ring is 1. The van der Waals surface area contributed by atoms with E-state index in [4.69, 9.17) is 5.73 Å². The lowest BCUT2D eigenvalue weighted by Gasteiger charge is -2.34. The molecular formula is C21H20F3N5O. The second-order valence-corrected chi connectivity index (χ2v) is 7.19. The van der Waals surface area contributed by atoms with Gasteiger partial charge in [-0.3, -0.25) is 9.69 Å². The molecule has 4 rings (SSSR count). The number of carbonyl (C=O) groups excluding carboxylic acids is 1. The van der Waals surface area contributed by atoms with Crippen LogP contribution in [0.3, 0.4) is 0 Å². The highest BCUT2D eigenvalue weighted by Gasteiger charge is 2.31. The van der Waals surface area contributed by atoms with Gasteiger partial charge in [0.15, 0.2) is 0 Å². The summed E-state index contributed by atoms with van der Waals surface area (Å²) in [5, 5.41) is 0.803. The molecular weight excluding hydrogens is 395 g/mol. The number of piperazine rings is 1. The van der Waals surface area contributed by atoms with Gasteiger partial charge in [-0.2, -0.15) is 13.2 Å². The predicted molar refractivity (Wildman–Crippen MR) is 107 cm³/mol. The molecule has 156 valence electrons. The summed E-state index contributed by atoms with van der Waals surface area (Å²) >= 11 is 0. The maximum absolute atomic E-state index is 12.9. The van der Waals surface area contributed by atoms with E-state index in [0.29, 0.717) is 44.4 Å². The molecule has 6 nitrogen and oxygen atoms in total. The van der Waals surface area contributed by atoms with Crippen LogP contribution in [0.15, 0.2) is 48.5 Å². The number of alkyl halides is 3. The highest BCUT2D eigenvalue weighted by molar-refractivity contribution is 5.94. The van der Waals surface area contributed by atoms with Gasteiger partial charge in [0.2, 0.25) is 0 Å². The molecule has 9 heteroatoms. The van der Waals surface area contributed by atoms with Crippen LogP contribution in [0.2, 0.25) is 0 Å². The summed E-state index contributed by atoms with van der Waals surface area (Å²) in [4.78, 5) is 25.2. The second-order valence-electron chi connectivity index (χ2n) is 7.19. The van der Waals surface area contributed by atoms with Gasteiger partial charge in [-0.15, -0.1) is 0 Å². The number of nitrogens with two attached hydrogens (primary N) is 1. The van der Waals surface area contributed by atoms with Gasteiger partial charge in [0.05, 0.1) is 17.6 Å². The highest BCUT2D eigenvalue weighted by Crippen LogP contribution is 2.30. The first kappa shape index (κ1) is 20.1. The molecule has 2 N–H and O–H groups in total. The molecule has 0 bridgehead atoms. The zero-order valence-electron chi connectivity index (χ0n) is 16.1. The van der Waals surface area contributed by atoms with Crippen LogP contribution in [0.5, 0.6) is 0 Å². The molecule has 0 atom stereocenters. The van der Waals surface area contributed by atoms with Crippen LogP contribution in [0.1, 0.15) is 21.7 Å². The molecule has 1 aliphatic rings. The summed E-state index contributed by atoms with van der Waals surface area (Å²) < 4.78 is 38.7.